The molecule has 0 aliphatic heterocycles. The molecule has 0 bridgehead atoms. The molecule has 0 unspecified atom stereocenters. The Bertz CT molecular complexity index is 1210. The van der Waals surface area contributed by atoms with Crippen LogP contribution in [0.2, 0.25) is 0 Å². The number of hydrogen-bond donors (Lipinski definition) is 2. The zero-order valence-corrected chi connectivity index (χ0v) is 18.0. The Labute approximate surface area is 188 Å². The van der Waals surface area contributed by atoms with Gasteiger partial charge < -0.3 is 5.32 Å². The summed E-state index contributed by atoms with van der Waals surface area (Å²) in [5, 5.41) is 5.19. The average Bonchev–Trinajstić information content (AvgIpc) is 2.77. The van der Waals surface area contributed by atoms with Gasteiger partial charge >= 0.3 is 6.18 Å². The Kier molecular flexibility index (Phi) is 7.50. The largest absolute Gasteiger partial charge is 0.416 e. The second kappa shape index (κ2) is 10.1. The number of halogens is 4. The lowest BCUT2D eigenvalue weighted by molar-refractivity contribution is -0.137. The van der Waals surface area contributed by atoms with E-state index >= 15 is 0 Å². The summed E-state index contributed by atoms with van der Waals surface area (Å²) >= 11 is 0. The standard InChI is InChI=1S/C23H20F4N2O3S/c24-20-8-10-21(11-9-20)33(31,32)15-28-14-22(30)29-13-16-2-1-3-18(12-16)17-4-6-19(7-5-17)23(25,26)27/h1-12,28H,13-15H2,(H,29,30). The van der Waals surface area contributed by atoms with Crippen LogP contribution in [0.15, 0.2) is 77.7 Å². The zero-order valence-electron chi connectivity index (χ0n) is 17.2. The lowest BCUT2D eigenvalue weighted by Gasteiger charge is -2.10. The number of nitrogens with one attached hydrogen (secondary N) is 2. The Morgan fingerprint density at radius 3 is 2.18 bits per heavy atom. The van der Waals surface area contributed by atoms with Crippen molar-refractivity contribution in [2.24, 2.45) is 0 Å². The average molecular weight is 480 g/mol. The highest BCUT2D eigenvalue weighted by Crippen LogP contribution is 2.31. The van der Waals surface area contributed by atoms with Crippen molar-refractivity contribution in [1.82, 2.24) is 10.6 Å². The highest BCUT2D eigenvalue weighted by atomic mass is 32.2. The van der Waals surface area contributed by atoms with Crippen LogP contribution >= 0.6 is 0 Å². The molecule has 0 spiro atoms. The second-order valence-electron chi connectivity index (χ2n) is 7.19. The maximum atomic E-state index is 12.9. The maximum Gasteiger partial charge on any atom is 0.416 e. The van der Waals surface area contributed by atoms with Gasteiger partial charge in [-0.3, -0.25) is 10.1 Å². The molecule has 0 saturated carbocycles. The molecule has 0 radical (unpaired) electrons. The summed E-state index contributed by atoms with van der Waals surface area (Å²) in [6.07, 6.45) is -4.41. The summed E-state index contributed by atoms with van der Waals surface area (Å²) in [5.41, 5.74) is 1.28. The normalized spacial score (nSPS) is 11.9. The van der Waals surface area contributed by atoms with Gasteiger partial charge in [0.05, 0.1) is 17.0 Å². The van der Waals surface area contributed by atoms with Crippen LogP contribution < -0.4 is 10.6 Å². The van der Waals surface area contributed by atoms with Crippen LogP contribution in [0.5, 0.6) is 0 Å². The van der Waals surface area contributed by atoms with Gasteiger partial charge in [-0.2, -0.15) is 13.2 Å². The molecule has 0 aliphatic rings. The van der Waals surface area contributed by atoms with E-state index in [1.54, 1.807) is 24.3 Å². The molecule has 0 heterocycles. The van der Waals surface area contributed by atoms with Crippen molar-refractivity contribution >= 4 is 15.7 Å². The molecule has 10 heteroatoms. The molecule has 0 saturated heterocycles. The third-order valence-corrected chi connectivity index (χ3v) is 6.29. The molecular weight excluding hydrogens is 460 g/mol. The number of carbonyl (C=O) groups is 1. The topological polar surface area (TPSA) is 75.3 Å². The van der Waals surface area contributed by atoms with Gasteiger partial charge in [0, 0.05) is 6.54 Å². The van der Waals surface area contributed by atoms with Gasteiger partial charge in [0.15, 0.2) is 9.84 Å². The fourth-order valence-corrected chi connectivity index (χ4v) is 4.09. The van der Waals surface area contributed by atoms with Crippen molar-refractivity contribution in [3.8, 4) is 11.1 Å². The number of rotatable bonds is 8. The van der Waals surface area contributed by atoms with E-state index < -0.39 is 39.2 Å². The molecule has 1 amide bonds. The first-order valence-electron chi connectivity index (χ1n) is 9.77. The Morgan fingerprint density at radius 1 is 0.879 bits per heavy atom. The first-order chi connectivity index (χ1) is 15.5. The van der Waals surface area contributed by atoms with E-state index in [1.165, 1.54) is 12.1 Å². The van der Waals surface area contributed by atoms with Crippen molar-refractivity contribution in [2.45, 2.75) is 17.6 Å². The van der Waals surface area contributed by atoms with Crippen LogP contribution in [-0.4, -0.2) is 26.7 Å². The molecule has 3 aromatic rings. The first kappa shape index (κ1) is 24.4. The zero-order chi connectivity index (χ0) is 24.1. The fraction of sp³-hybridized carbons (Fsp3) is 0.174. The molecule has 3 rings (SSSR count). The van der Waals surface area contributed by atoms with Crippen molar-refractivity contribution in [3.05, 3.63) is 89.7 Å². The summed E-state index contributed by atoms with van der Waals surface area (Å²) in [5.74, 6) is -1.48. The summed E-state index contributed by atoms with van der Waals surface area (Å²) in [4.78, 5) is 12.0. The maximum absolute atomic E-state index is 12.9. The Hall–Kier alpha value is -3.24. The number of hydrogen-bond acceptors (Lipinski definition) is 4. The minimum Gasteiger partial charge on any atom is -0.351 e. The van der Waals surface area contributed by atoms with E-state index in [0.717, 1.165) is 42.0 Å². The third-order valence-electron chi connectivity index (χ3n) is 4.71. The Morgan fingerprint density at radius 2 is 1.55 bits per heavy atom. The van der Waals surface area contributed by atoms with Crippen LogP contribution in [0.3, 0.4) is 0 Å². The van der Waals surface area contributed by atoms with Crippen LogP contribution in [0.4, 0.5) is 17.6 Å². The molecule has 0 atom stereocenters. The highest BCUT2D eigenvalue weighted by Gasteiger charge is 2.29. The monoisotopic (exact) mass is 480 g/mol. The van der Waals surface area contributed by atoms with Gasteiger partial charge in [-0.05, 0) is 59.2 Å². The van der Waals surface area contributed by atoms with E-state index in [4.69, 9.17) is 0 Å². The highest BCUT2D eigenvalue weighted by molar-refractivity contribution is 7.91. The number of sulfone groups is 1. The Balaban J connectivity index is 1.52. The van der Waals surface area contributed by atoms with Crippen LogP contribution in [0.1, 0.15) is 11.1 Å². The summed E-state index contributed by atoms with van der Waals surface area (Å²) in [7, 11) is -3.72. The predicted octanol–water partition coefficient (Wildman–Crippen LogP) is 4.15. The molecule has 0 aliphatic carbocycles. The molecule has 3 aromatic carbocycles. The molecule has 174 valence electrons. The second-order valence-corrected chi connectivity index (χ2v) is 9.18. The predicted molar refractivity (Wildman–Crippen MR) is 115 cm³/mol. The van der Waals surface area contributed by atoms with Gasteiger partial charge in [0.25, 0.3) is 0 Å². The van der Waals surface area contributed by atoms with Crippen LogP contribution in [0.25, 0.3) is 11.1 Å². The summed E-state index contributed by atoms with van der Waals surface area (Å²) in [6, 6.07) is 16.1. The van der Waals surface area contributed by atoms with Gasteiger partial charge in [0.1, 0.15) is 11.7 Å². The van der Waals surface area contributed by atoms with Crippen molar-refractivity contribution in [2.75, 3.05) is 12.4 Å². The van der Waals surface area contributed by atoms with Crippen molar-refractivity contribution < 1.29 is 30.8 Å². The minimum absolute atomic E-state index is 0.0584. The molecular formula is C23H20F4N2O3S. The number of benzene rings is 3. The smallest absolute Gasteiger partial charge is 0.351 e. The summed E-state index contributed by atoms with van der Waals surface area (Å²) < 4.78 is 75.5. The first-order valence-corrected chi connectivity index (χ1v) is 11.4. The van der Waals surface area contributed by atoms with Crippen molar-refractivity contribution in [1.29, 1.82) is 0 Å². The van der Waals surface area contributed by atoms with Crippen LogP contribution in [0, 0.1) is 5.82 Å². The quantitative estimate of drug-likeness (QED) is 0.375. The van der Waals surface area contributed by atoms with Gasteiger partial charge in [-0.25, -0.2) is 12.8 Å². The van der Waals surface area contributed by atoms with Gasteiger partial charge in [0.2, 0.25) is 5.91 Å². The molecule has 5 nitrogen and oxygen atoms in total. The SMILES string of the molecule is O=C(CNCS(=O)(=O)c1ccc(F)cc1)NCc1cccc(-c2ccc(C(F)(F)F)cc2)c1. The van der Waals surface area contributed by atoms with Crippen molar-refractivity contribution in [3.63, 3.8) is 0 Å². The lowest BCUT2D eigenvalue weighted by atomic mass is 10.0. The summed E-state index contributed by atoms with van der Waals surface area (Å²) in [6.45, 7) is -0.0985. The van der Waals surface area contributed by atoms with Crippen LogP contribution in [-0.2, 0) is 27.4 Å². The van der Waals surface area contributed by atoms with Gasteiger partial charge in [-0.1, -0.05) is 30.3 Å². The fourth-order valence-electron chi connectivity index (χ4n) is 3.00. The minimum atomic E-state index is -4.41. The van der Waals surface area contributed by atoms with E-state index in [0.29, 0.717) is 11.1 Å². The molecule has 0 aromatic heterocycles. The van der Waals surface area contributed by atoms with E-state index in [2.05, 4.69) is 10.6 Å². The van der Waals surface area contributed by atoms with E-state index in [9.17, 15) is 30.8 Å². The number of amides is 1. The van der Waals surface area contributed by atoms with Gasteiger partial charge in [-0.15, -0.1) is 0 Å². The lowest BCUT2D eigenvalue weighted by Crippen LogP contribution is -2.35. The number of alkyl halides is 3. The molecule has 0 fully saturated rings. The van der Waals surface area contributed by atoms with E-state index in [1.807, 2.05) is 0 Å². The third kappa shape index (κ3) is 6.87. The molecule has 2 N–H and O–H groups in total. The van der Waals surface area contributed by atoms with E-state index in [-0.39, 0.29) is 18.0 Å². The number of carbonyl (C=O) groups excluding carboxylic acids is 1. The molecule has 33 heavy (non-hydrogen) atoms.